The van der Waals surface area contributed by atoms with Crippen LogP contribution < -0.4 is 4.74 Å². The maximum atomic E-state index is 11.9. The lowest BCUT2D eigenvalue weighted by Crippen LogP contribution is -2.32. The molecular weight excluding hydrogens is 332 g/mol. The molecule has 0 spiro atoms. The number of ether oxygens (including phenoxy) is 2. The molecule has 1 atom stereocenters. The molecule has 24 heavy (non-hydrogen) atoms. The van der Waals surface area contributed by atoms with E-state index in [0.717, 1.165) is 0 Å². The van der Waals surface area contributed by atoms with E-state index < -0.39 is 29.5 Å². The molecular formula is C12H18N2O10. The number of hydrogen-bond acceptors (Lipinski definition) is 12. The van der Waals surface area contributed by atoms with Crippen molar-refractivity contribution in [3.8, 4) is 11.5 Å². The van der Waals surface area contributed by atoms with Crippen LogP contribution in [0.4, 0.5) is 0 Å². The van der Waals surface area contributed by atoms with Gasteiger partial charge < -0.3 is 14.6 Å². The van der Waals surface area contributed by atoms with E-state index in [1.165, 1.54) is 25.3 Å². The van der Waals surface area contributed by atoms with Crippen LogP contribution in [0.15, 0.2) is 18.2 Å². The van der Waals surface area contributed by atoms with Crippen molar-refractivity contribution in [2.24, 2.45) is 0 Å². The maximum Gasteiger partial charge on any atom is 0.338 e. The van der Waals surface area contributed by atoms with Gasteiger partial charge in [-0.15, -0.1) is 0 Å². The number of phenols is 1. The van der Waals surface area contributed by atoms with E-state index >= 15 is 0 Å². The van der Waals surface area contributed by atoms with Gasteiger partial charge in [-0.1, -0.05) is 0 Å². The average Bonchev–Trinajstić information content (AvgIpc) is 2.52. The van der Waals surface area contributed by atoms with Gasteiger partial charge >= 0.3 is 5.97 Å². The van der Waals surface area contributed by atoms with E-state index in [1.807, 2.05) is 0 Å². The first-order valence-electron chi connectivity index (χ1n) is 6.53. The molecule has 1 unspecified atom stereocenters. The van der Waals surface area contributed by atoms with Crippen LogP contribution >= 0.6 is 0 Å². The summed E-state index contributed by atoms with van der Waals surface area (Å²) >= 11 is 0. The number of aromatic hydroxyl groups is 1. The highest BCUT2D eigenvalue weighted by Gasteiger charge is 2.17. The van der Waals surface area contributed by atoms with E-state index in [0.29, 0.717) is 0 Å². The number of phenolic OH excluding ortho intramolecular Hbond substituents is 1. The second kappa shape index (κ2) is 9.96. The summed E-state index contributed by atoms with van der Waals surface area (Å²) in [5.74, 6) is -0.756. The molecule has 12 heteroatoms. The van der Waals surface area contributed by atoms with Gasteiger partial charge in [0.1, 0.15) is 12.7 Å². The first-order chi connectivity index (χ1) is 11.3. The molecule has 0 heterocycles. The fraction of sp³-hybridized carbons (Fsp3) is 0.417. The van der Waals surface area contributed by atoms with Crippen LogP contribution in [0.2, 0.25) is 0 Å². The lowest BCUT2D eigenvalue weighted by molar-refractivity contribution is -0.527. The lowest BCUT2D eigenvalue weighted by atomic mass is 10.2. The molecule has 1 aromatic carbocycles. The Labute approximate surface area is 135 Å². The monoisotopic (exact) mass is 350 g/mol. The predicted octanol–water partition coefficient (Wildman–Crippen LogP) is 0.340. The Kier molecular flexibility index (Phi) is 8.31. The predicted molar refractivity (Wildman–Crippen MR) is 71.2 cm³/mol. The van der Waals surface area contributed by atoms with E-state index in [4.69, 9.17) is 30.3 Å². The van der Waals surface area contributed by atoms with E-state index in [-0.39, 0.29) is 30.1 Å². The molecule has 1 aromatic rings. The zero-order valence-corrected chi connectivity index (χ0v) is 12.6. The van der Waals surface area contributed by atoms with E-state index in [1.54, 1.807) is 0 Å². The molecule has 0 amide bonds. The SMILES string of the molecule is COc1cc(C(=O)OCCC(CON(O)O)ON(O)O)ccc1O. The minimum Gasteiger partial charge on any atom is -0.504 e. The smallest absolute Gasteiger partial charge is 0.338 e. The molecule has 0 saturated heterocycles. The van der Waals surface area contributed by atoms with Crippen molar-refractivity contribution in [3.63, 3.8) is 0 Å². The van der Waals surface area contributed by atoms with Crippen LogP contribution in [0.3, 0.4) is 0 Å². The van der Waals surface area contributed by atoms with Gasteiger partial charge in [0.05, 0.1) is 30.1 Å². The number of hydrogen-bond donors (Lipinski definition) is 5. The summed E-state index contributed by atoms with van der Waals surface area (Å²) in [6.07, 6.45) is -1.13. The van der Waals surface area contributed by atoms with Gasteiger partial charge in [-0.3, -0.25) is 20.8 Å². The second-order valence-corrected chi connectivity index (χ2v) is 4.34. The van der Waals surface area contributed by atoms with Crippen LogP contribution in [-0.4, -0.2) is 69.1 Å². The topological polar surface area (TPSA) is 162 Å². The molecule has 1 rings (SSSR count). The summed E-state index contributed by atoms with van der Waals surface area (Å²) in [5, 5.41) is 42.3. The van der Waals surface area contributed by atoms with Gasteiger partial charge in [-0.25, -0.2) is 14.5 Å². The number of carbonyl (C=O) groups is 1. The van der Waals surface area contributed by atoms with Gasteiger partial charge in [-0.2, -0.15) is 0 Å². The molecule has 12 nitrogen and oxygen atoms in total. The third-order valence-electron chi connectivity index (χ3n) is 2.71. The maximum absolute atomic E-state index is 11.9. The van der Waals surface area contributed by atoms with Gasteiger partial charge in [0.2, 0.25) is 0 Å². The van der Waals surface area contributed by atoms with Gasteiger partial charge in [0.25, 0.3) is 0 Å². The zero-order valence-electron chi connectivity index (χ0n) is 12.6. The van der Waals surface area contributed by atoms with Crippen molar-refractivity contribution in [2.45, 2.75) is 12.5 Å². The van der Waals surface area contributed by atoms with Gasteiger partial charge in [0.15, 0.2) is 11.5 Å². The summed E-state index contributed by atoms with van der Waals surface area (Å²) in [5.41, 5.74) is 0.126. The highest BCUT2D eigenvalue weighted by Crippen LogP contribution is 2.26. The molecule has 0 bridgehead atoms. The number of benzene rings is 1. The van der Waals surface area contributed by atoms with Crippen LogP contribution in [0, 0.1) is 0 Å². The summed E-state index contributed by atoms with van der Waals surface area (Å²) in [6.45, 7) is -0.685. The summed E-state index contributed by atoms with van der Waals surface area (Å²) in [4.78, 5) is 20.6. The highest BCUT2D eigenvalue weighted by atomic mass is 17.1. The minimum atomic E-state index is -1.07. The van der Waals surface area contributed by atoms with Crippen LogP contribution in [0.5, 0.6) is 11.5 Å². The Morgan fingerprint density at radius 3 is 2.50 bits per heavy atom. The molecule has 0 aromatic heterocycles. The van der Waals surface area contributed by atoms with Crippen LogP contribution in [0.1, 0.15) is 16.8 Å². The molecule has 5 N–H and O–H groups in total. The van der Waals surface area contributed by atoms with Crippen LogP contribution in [0.25, 0.3) is 0 Å². The molecule has 0 aliphatic heterocycles. The first kappa shape index (κ1) is 20.0. The zero-order chi connectivity index (χ0) is 18.1. The van der Waals surface area contributed by atoms with Crippen molar-refractivity contribution in [2.75, 3.05) is 20.3 Å². The fourth-order valence-corrected chi connectivity index (χ4v) is 1.62. The molecule has 0 fully saturated rings. The Bertz CT molecular complexity index is 525. The van der Waals surface area contributed by atoms with Crippen molar-refractivity contribution >= 4 is 5.97 Å². The van der Waals surface area contributed by atoms with Crippen LogP contribution in [-0.2, 0) is 14.4 Å². The highest BCUT2D eigenvalue weighted by molar-refractivity contribution is 5.90. The number of methoxy groups -OCH3 is 1. The van der Waals surface area contributed by atoms with Crippen molar-refractivity contribution < 1.29 is 49.9 Å². The third-order valence-corrected chi connectivity index (χ3v) is 2.71. The second-order valence-electron chi connectivity index (χ2n) is 4.34. The minimum absolute atomic E-state index is 0.0631. The largest absolute Gasteiger partial charge is 0.504 e. The van der Waals surface area contributed by atoms with E-state index in [9.17, 15) is 9.90 Å². The average molecular weight is 350 g/mol. The summed E-state index contributed by atoms with van der Waals surface area (Å²) in [7, 11) is 1.33. The Hall–Kier alpha value is -2.03. The first-order valence-corrected chi connectivity index (χ1v) is 6.53. The molecule has 0 aliphatic carbocycles. The lowest BCUT2D eigenvalue weighted by Gasteiger charge is -2.18. The van der Waals surface area contributed by atoms with Gasteiger partial charge in [0, 0.05) is 6.42 Å². The standard InChI is InChI=1S/C12H18N2O10/c1-21-11-6-8(2-3-10(11)15)12(16)22-5-4-9(24-14(19)20)7-23-13(17)18/h2-3,6,9,15,17-20H,4-5,7H2,1H3. The third kappa shape index (κ3) is 7.03. The number of carbonyl (C=O) groups excluding carboxylic acids is 1. The van der Waals surface area contributed by atoms with Crippen molar-refractivity contribution in [1.82, 2.24) is 10.8 Å². The van der Waals surface area contributed by atoms with Crippen molar-refractivity contribution in [3.05, 3.63) is 23.8 Å². The number of esters is 1. The molecule has 0 radical (unpaired) electrons. The summed E-state index contributed by atoms with van der Waals surface area (Å²) < 4.78 is 9.82. The Balaban J connectivity index is 2.52. The summed E-state index contributed by atoms with van der Waals surface area (Å²) in [6, 6.07) is 3.88. The van der Waals surface area contributed by atoms with Crippen molar-refractivity contribution in [1.29, 1.82) is 0 Å². The Morgan fingerprint density at radius 1 is 1.21 bits per heavy atom. The fourth-order valence-electron chi connectivity index (χ4n) is 1.62. The normalized spacial score (nSPS) is 12.5. The van der Waals surface area contributed by atoms with Gasteiger partial charge in [-0.05, 0) is 18.2 Å². The quantitative estimate of drug-likeness (QED) is 0.291. The molecule has 136 valence electrons. The molecule has 0 aliphatic rings. The number of nitrogens with zero attached hydrogens (tertiary/aromatic N) is 2. The molecule has 0 saturated carbocycles. The van der Waals surface area contributed by atoms with E-state index in [2.05, 4.69) is 9.68 Å². The Morgan fingerprint density at radius 2 is 1.92 bits per heavy atom. The number of rotatable bonds is 10.